The van der Waals surface area contributed by atoms with Crippen molar-refractivity contribution in [3.8, 4) is 6.07 Å². The van der Waals surface area contributed by atoms with E-state index < -0.39 is 5.97 Å². The molecule has 106 valence electrons. The van der Waals surface area contributed by atoms with Crippen LogP contribution in [0.4, 0.5) is 5.69 Å². The van der Waals surface area contributed by atoms with Gasteiger partial charge in [0.1, 0.15) is 6.42 Å². The molecular formula is C16H20N2O2. The minimum Gasteiger partial charge on any atom is -0.339 e. The first kappa shape index (κ1) is 15.8. The van der Waals surface area contributed by atoms with Gasteiger partial charge in [-0.2, -0.15) is 5.26 Å². The van der Waals surface area contributed by atoms with Crippen LogP contribution in [0.25, 0.3) is 0 Å². The van der Waals surface area contributed by atoms with E-state index in [0.29, 0.717) is 12.5 Å². The highest BCUT2D eigenvalue weighted by atomic mass is 16.7. The van der Waals surface area contributed by atoms with Crippen molar-refractivity contribution in [1.82, 2.24) is 0 Å². The number of hydrogen-bond donors (Lipinski definition) is 0. The van der Waals surface area contributed by atoms with Crippen LogP contribution in [-0.4, -0.2) is 12.5 Å². The summed E-state index contributed by atoms with van der Waals surface area (Å²) in [7, 11) is 0. The Morgan fingerprint density at radius 3 is 2.80 bits per heavy atom. The number of benzene rings is 1. The highest BCUT2D eigenvalue weighted by Crippen LogP contribution is 2.30. The summed E-state index contributed by atoms with van der Waals surface area (Å²) in [5.41, 5.74) is 3.10. The van der Waals surface area contributed by atoms with Crippen LogP contribution in [-0.2, 0) is 9.63 Å². The Morgan fingerprint density at radius 1 is 1.55 bits per heavy atom. The van der Waals surface area contributed by atoms with Crippen LogP contribution < -0.4 is 5.06 Å². The second-order valence-electron chi connectivity index (χ2n) is 4.81. The lowest BCUT2D eigenvalue weighted by atomic mass is 9.96. The molecule has 0 aliphatic carbocycles. The number of aryl methyl sites for hydroxylation is 1. The fourth-order valence-corrected chi connectivity index (χ4v) is 2.16. The van der Waals surface area contributed by atoms with E-state index >= 15 is 0 Å². The van der Waals surface area contributed by atoms with Crippen molar-refractivity contribution in [3.63, 3.8) is 0 Å². The molecule has 4 heteroatoms. The smallest absolute Gasteiger partial charge is 0.339 e. The fraction of sp³-hybridized carbons (Fsp3) is 0.375. The van der Waals surface area contributed by atoms with E-state index in [1.165, 1.54) is 5.06 Å². The lowest BCUT2D eigenvalue weighted by molar-refractivity contribution is -0.143. The molecule has 0 aliphatic heterocycles. The van der Waals surface area contributed by atoms with Crippen LogP contribution in [0.15, 0.2) is 30.9 Å². The molecule has 0 saturated heterocycles. The van der Waals surface area contributed by atoms with Gasteiger partial charge in [-0.1, -0.05) is 32.1 Å². The molecule has 0 bridgehead atoms. The normalized spacial score (nSPS) is 9.95. The molecule has 0 unspecified atom stereocenters. The summed E-state index contributed by atoms with van der Waals surface area (Å²) in [6, 6.07) is 7.65. The molecule has 1 rings (SSSR count). The van der Waals surface area contributed by atoms with Gasteiger partial charge in [-0.25, -0.2) is 9.86 Å². The number of nitriles is 1. The largest absolute Gasteiger partial charge is 0.346 e. The molecule has 4 nitrogen and oxygen atoms in total. The summed E-state index contributed by atoms with van der Waals surface area (Å²) in [5.74, 6) is -0.265. The fourth-order valence-electron chi connectivity index (χ4n) is 2.16. The van der Waals surface area contributed by atoms with Gasteiger partial charge in [-0.15, -0.1) is 6.58 Å². The minimum absolute atomic E-state index is 0.267. The van der Waals surface area contributed by atoms with Crippen molar-refractivity contribution >= 4 is 11.7 Å². The minimum atomic E-state index is -0.564. The van der Waals surface area contributed by atoms with E-state index in [0.717, 1.165) is 16.8 Å². The van der Waals surface area contributed by atoms with Gasteiger partial charge < -0.3 is 4.84 Å². The third kappa shape index (κ3) is 3.86. The van der Waals surface area contributed by atoms with Gasteiger partial charge in [0.15, 0.2) is 0 Å². The molecule has 1 aromatic carbocycles. The number of carbonyl (C=O) groups is 1. The molecule has 0 N–H and O–H groups in total. The molecule has 0 aromatic heterocycles. The van der Waals surface area contributed by atoms with Crippen LogP contribution in [0.3, 0.4) is 0 Å². The maximum Gasteiger partial charge on any atom is 0.346 e. The summed E-state index contributed by atoms with van der Waals surface area (Å²) in [6.07, 6.45) is 1.39. The first-order valence-electron chi connectivity index (χ1n) is 6.57. The standard InChI is InChI=1S/C16H20N2O2/c1-5-11-18(20-15(19)9-10-17)14-8-6-7-13(4)16(14)12(2)3/h5-8,12H,1,9,11H2,2-4H3. The summed E-state index contributed by atoms with van der Waals surface area (Å²) in [4.78, 5) is 16.8. The predicted octanol–water partition coefficient (Wildman–Crippen LogP) is 3.48. The Labute approximate surface area is 120 Å². The van der Waals surface area contributed by atoms with Gasteiger partial charge in [0.05, 0.1) is 18.3 Å². The molecule has 0 saturated carbocycles. The number of anilines is 1. The first-order valence-corrected chi connectivity index (χ1v) is 6.57. The van der Waals surface area contributed by atoms with Crippen LogP contribution in [0.5, 0.6) is 0 Å². The highest BCUT2D eigenvalue weighted by Gasteiger charge is 2.18. The van der Waals surface area contributed by atoms with E-state index in [9.17, 15) is 4.79 Å². The molecule has 0 heterocycles. The van der Waals surface area contributed by atoms with Crippen molar-refractivity contribution in [1.29, 1.82) is 5.26 Å². The Kier molecular flexibility index (Phi) is 5.79. The average molecular weight is 272 g/mol. The number of carbonyl (C=O) groups excluding carboxylic acids is 1. The Morgan fingerprint density at radius 2 is 2.25 bits per heavy atom. The molecule has 0 atom stereocenters. The third-order valence-corrected chi connectivity index (χ3v) is 2.88. The Hall–Kier alpha value is -2.28. The number of hydroxylamine groups is 1. The van der Waals surface area contributed by atoms with Crippen molar-refractivity contribution in [2.24, 2.45) is 0 Å². The van der Waals surface area contributed by atoms with Gasteiger partial charge in [-0.3, -0.25) is 0 Å². The van der Waals surface area contributed by atoms with Crippen LogP contribution in [0, 0.1) is 18.3 Å². The second-order valence-corrected chi connectivity index (χ2v) is 4.81. The average Bonchev–Trinajstić information content (AvgIpc) is 2.37. The van der Waals surface area contributed by atoms with Crippen molar-refractivity contribution < 1.29 is 9.63 Å². The van der Waals surface area contributed by atoms with Crippen molar-refractivity contribution in [3.05, 3.63) is 42.0 Å². The van der Waals surface area contributed by atoms with E-state index in [1.54, 1.807) is 12.1 Å². The Bertz CT molecular complexity index is 530. The SMILES string of the molecule is C=CCN(OC(=O)CC#N)c1cccc(C)c1C(C)C. The van der Waals surface area contributed by atoms with Gasteiger partial charge in [-0.05, 0) is 30.0 Å². The summed E-state index contributed by atoms with van der Waals surface area (Å²) >= 11 is 0. The van der Waals surface area contributed by atoms with Crippen molar-refractivity contribution in [2.75, 3.05) is 11.6 Å². The van der Waals surface area contributed by atoms with Gasteiger partial charge in [0.2, 0.25) is 0 Å². The molecule has 0 fully saturated rings. The van der Waals surface area contributed by atoms with E-state index in [2.05, 4.69) is 20.4 Å². The number of rotatable bonds is 6. The van der Waals surface area contributed by atoms with Gasteiger partial charge in [0.25, 0.3) is 0 Å². The number of hydrogen-bond acceptors (Lipinski definition) is 4. The quantitative estimate of drug-likeness (QED) is 0.587. The van der Waals surface area contributed by atoms with E-state index in [-0.39, 0.29) is 6.42 Å². The zero-order valence-electron chi connectivity index (χ0n) is 12.2. The molecular weight excluding hydrogens is 252 g/mol. The molecule has 0 spiro atoms. The molecule has 1 aromatic rings. The maximum atomic E-state index is 11.5. The van der Waals surface area contributed by atoms with Crippen molar-refractivity contribution in [2.45, 2.75) is 33.1 Å². The van der Waals surface area contributed by atoms with E-state index in [4.69, 9.17) is 10.1 Å². The summed E-state index contributed by atoms with van der Waals surface area (Å²) in [6.45, 7) is 10.3. The molecule has 0 aliphatic rings. The van der Waals surface area contributed by atoms with Gasteiger partial charge in [0, 0.05) is 0 Å². The predicted molar refractivity (Wildman–Crippen MR) is 79.1 cm³/mol. The second kappa shape index (κ2) is 7.34. The topological polar surface area (TPSA) is 53.3 Å². The molecule has 20 heavy (non-hydrogen) atoms. The van der Waals surface area contributed by atoms with Crippen LogP contribution >= 0.6 is 0 Å². The zero-order valence-corrected chi connectivity index (χ0v) is 12.2. The zero-order chi connectivity index (χ0) is 15.1. The molecule has 0 radical (unpaired) electrons. The van der Waals surface area contributed by atoms with E-state index in [1.807, 2.05) is 25.1 Å². The number of nitrogens with zero attached hydrogens (tertiary/aromatic N) is 2. The molecule has 0 amide bonds. The van der Waals surface area contributed by atoms with Gasteiger partial charge >= 0.3 is 5.97 Å². The van der Waals surface area contributed by atoms with Crippen LogP contribution in [0.1, 0.15) is 37.3 Å². The Balaban J connectivity index is 3.15. The summed E-state index contributed by atoms with van der Waals surface area (Å²) in [5, 5.41) is 10.0. The first-order chi connectivity index (χ1) is 9.51. The van der Waals surface area contributed by atoms with Crippen LogP contribution in [0.2, 0.25) is 0 Å². The third-order valence-electron chi connectivity index (χ3n) is 2.88. The lowest BCUT2D eigenvalue weighted by Gasteiger charge is -2.26. The highest BCUT2D eigenvalue weighted by molar-refractivity contribution is 5.73. The lowest BCUT2D eigenvalue weighted by Crippen LogP contribution is -2.28. The monoisotopic (exact) mass is 272 g/mol. The maximum absolute atomic E-state index is 11.5. The summed E-state index contributed by atoms with van der Waals surface area (Å²) < 4.78 is 0.